The lowest BCUT2D eigenvalue weighted by atomic mass is 10.0. The molecular formula is C20H19N7O. The lowest BCUT2D eigenvalue weighted by molar-refractivity contribution is 0.183. The molecule has 28 heavy (non-hydrogen) atoms. The van der Waals surface area contributed by atoms with Crippen molar-refractivity contribution in [3.05, 3.63) is 48.5 Å². The highest BCUT2D eigenvalue weighted by Crippen LogP contribution is 2.32. The summed E-state index contributed by atoms with van der Waals surface area (Å²) < 4.78 is 5.05. The average molecular weight is 373 g/mol. The Bertz CT molecular complexity index is 1180. The summed E-state index contributed by atoms with van der Waals surface area (Å²) in [5.41, 5.74) is 10.1. The number of aromatic nitrogens is 4. The maximum absolute atomic E-state index is 9.10. The van der Waals surface area contributed by atoms with Crippen molar-refractivity contribution in [2.24, 2.45) is 5.73 Å². The minimum Gasteiger partial charge on any atom is -0.383 e. The molecule has 4 N–H and O–H groups in total. The summed E-state index contributed by atoms with van der Waals surface area (Å²) >= 11 is 0. The Morgan fingerprint density at radius 3 is 3.00 bits per heavy atom. The molecule has 0 fully saturated rings. The van der Waals surface area contributed by atoms with Gasteiger partial charge in [0.25, 0.3) is 0 Å². The summed E-state index contributed by atoms with van der Waals surface area (Å²) in [6, 6.07) is 7.57. The van der Waals surface area contributed by atoms with E-state index in [1.54, 1.807) is 31.8 Å². The predicted octanol–water partition coefficient (Wildman–Crippen LogP) is 2.43. The zero-order chi connectivity index (χ0) is 19.5. The fourth-order valence-electron chi connectivity index (χ4n) is 3.15. The van der Waals surface area contributed by atoms with Gasteiger partial charge in [0.1, 0.15) is 0 Å². The number of nitriles is 1. The van der Waals surface area contributed by atoms with Crippen LogP contribution in [-0.4, -0.2) is 46.2 Å². The fraction of sp³-hybridized carbons (Fsp3) is 0.200. The number of aromatic amines is 1. The van der Waals surface area contributed by atoms with Gasteiger partial charge in [-0.05, 0) is 12.1 Å². The summed E-state index contributed by atoms with van der Waals surface area (Å²) in [6.45, 7) is 0.958. The zero-order valence-electron chi connectivity index (χ0n) is 15.3. The smallest absolute Gasteiger partial charge is 0.223 e. The SMILES string of the molecule is COC[C@H](N)CNc1ncc2cncc(-c3c[nH]c4cc(C#N)ccc34)c2n1. The molecule has 0 bridgehead atoms. The number of rotatable bonds is 6. The van der Waals surface area contributed by atoms with Crippen LogP contribution in [0, 0.1) is 11.3 Å². The number of benzene rings is 1. The maximum Gasteiger partial charge on any atom is 0.223 e. The molecule has 8 nitrogen and oxygen atoms in total. The molecule has 140 valence electrons. The van der Waals surface area contributed by atoms with Gasteiger partial charge >= 0.3 is 0 Å². The van der Waals surface area contributed by atoms with E-state index in [4.69, 9.17) is 15.7 Å². The van der Waals surface area contributed by atoms with Crippen LogP contribution in [0.25, 0.3) is 32.9 Å². The quantitative estimate of drug-likeness (QED) is 0.474. The first-order valence-corrected chi connectivity index (χ1v) is 8.80. The zero-order valence-corrected chi connectivity index (χ0v) is 15.3. The first-order valence-electron chi connectivity index (χ1n) is 8.80. The van der Waals surface area contributed by atoms with Crippen molar-refractivity contribution in [2.75, 3.05) is 25.6 Å². The first-order chi connectivity index (χ1) is 13.7. The Balaban J connectivity index is 1.75. The van der Waals surface area contributed by atoms with Crippen molar-refractivity contribution in [1.82, 2.24) is 19.9 Å². The van der Waals surface area contributed by atoms with Gasteiger partial charge in [-0.2, -0.15) is 5.26 Å². The van der Waals surface area contributed by atoms with E-state index < -0.39 is 0 Å². The van der Waals surface area contributed by atoms with E-state index >= 15 is 0 Å². The van der Waals surface area contributed by atoms with Crippen LogP contribution in [0.5, 0.6) is 0 Å². The minimum atomic E-state index is -0.149. The van der Waals surface area contributed by atoms with Crippen LogP contribution in [0.3, 0.4) is 0 Å². The standard InChI is InChI=1S/C20H19N7O/c1-28-11-14(22)8-26-20-25-7-13-6-23-9-17(19(13)27-20)16-10-24-18-4-12(5-21)2-3-15(16)18/h2-4,6-7,9-10,14,24H,8,11,22H2,1H3,(H,25,26,27)/t14-/m1/s1. The van der Waals surface area contributed by atoms with E-state index in [-0.39, 0.29) is 6.04 Å². The third-order valence-corrected chi connectivity index (χ3v) is 4.49. The number of anilines is 1. The molecule has 0 aliphatic carbocycles. The molecule has 1 atom stereocenters. The summed E-state index contributed by atoms with van der Waals surface area (Å²) in [5, 5.41) is 14.1. The molecule has 0 saturated carbocycles. The second-order valence-corrected chi connectivity index (χ2v) is 6.49. The molecule has 0 aliphatic heterocycles. The van der Waals surface area contributed by atoms with Gasteiger partial charge in [0.2, 0.25) is 5.95 Å². The Hall–Kier alpha value is -3.54. The van der Waals surface area contributed by atoms with Crippen LogP contribution in [-0.2, 0) is 4.74 Å². The van der Waals surface area contributed by atoms with Crippen LogP contribution >= 0.6 is 0 Å². The molecule has 0 spiro atoms. The second-order valence-electron chi connectivity index (χ2n) is 6.49. The molecule has 8 heteroatoms. The number of hydrogen-bond acceptors (Lipinski definition) is 7. The topological polar surface area (TPSA) is 126 Å². The molecule has 0 amide bonds. The average Bonchev–Trinajstić information content (AvgIpc) is 3.14. The molecule has 3 aromatic heterocycles. The van der Waals surface area contributed by atoms with E-state index in [0.29, 0.717) is 24.7 Å². The van der Waals surface area contributed by atoms with E-state index in [0.717, 1.165) is 32.9 Å². The number of nitrogens with one attached hydrogen (secondary N) is 2. The van der Waals surface area contributed by atoms with Gasteiger partial charge in [-0.25, -0.2) is 9.97 Å². The van der Waals surface area contributed by atoms with Crippen molar-refractivity contribution < 1.29 is 4.74 Å². The summed E-state index contributed by atoms with van der Waals surface area (Å²) in [4.78, 5) is 16.6. The number of hydrogen-bond donors (Lipinski definition) is 3. The largest absolute Gasteiger partial charge is 0.383 e. The number of ether oxygens (including phenoxy) is 1. The van der Waals surface area contributed by atoms with Crippen molar-refractivity contribution in [3.8, 4) is 17.2 Å². The first kappa shape index (κ1) is 17.9. The highest BCUT2D eigenvalue weighted by molar-refractivity contribution is 6.03. The predicted molar refractivity (Wildman–Crippen MR) is 108 cm³/mol. The Morgan fingerprint density at radius 2 is 2.18 bits per heavy atom. The number of methoxy groups -OCH3 is 1. The van der Waals surface area contributed by atoms with Gasteiger partial charge in [0.05, 0.1) is 23.8 Å². The van der Waals surface area contributed by atoms with Crippen molar-refractivity contribution >= 4 is 27.8 Å². The maximum atomic E-state index is 9.10. The molecule has 3 heterocycles. The van der Waals surface area contributed by atoms with Gasteiger partial charge in [-0.1, -0.05) is 6.07 Å². The number of fused-ring (bicyclic) bond motifs is 2. The molecule has 0 saturated heterocycles. The molecule has 0 unspecified atom stereocenters. The molecule has 0 radical (unpaired) electrons. The van der Waals surface area contributed by atoms with Gasteiger partial charge in [0.15, 0.2) is 0 Å². The fourth-order valence-corrected chi connectivity index (χ4v) is 3.15. The van der Waals surface area contributed by atoms with Gasteiger partial charge < -0.3 is 20.8 Å². The summed E-state index contributed by atoms with van der Waals surface area (Å²) in [6.07, 6.45) is 7.18. The van der Waals surface area contributed by atoms with E-state index in [1.165, 1.54) is 0 Å². The van der Waals surface area contributed by atoms with Crippen molar-refractivity contribution in [1.29, 1.82) is 5.26 Å². The normalized spacial score (nSPS) is 12.2. The molecule has 4 aromatic rings. The van der Waals surface area contributed by atoms with Gasteiger partial charge in [0, 0.05) is 71.9 Å². The third kappa shape index (κ3) is 3.36. The monoisotopic (exact) mass is 373 g/mol. The lowest BCUT2D eigenvalue weighted by Gasteiger charge is -2.12. The Kier molecular flexibility index (Phi) is 4.85. The number of pyridine rings is 1. The van der Waals surface area contributed by atoms with Crippen LogP contribution in [0.1, 0.15) is 5.56 Å². The van der Waals surface area contributed by atoms with E-state index in [9.17, 15) is 0 Å². The highest BCUT2D eigenvalue weighted by atomic mass is 16.5. The molecule has 0 aliphatic rings. The Labute approximate surface area is 161 Å². The molecule has 1 aromatic carbocycles. The van der Waals surface area contributed by atoms with Gasteiger partial charge in [-0.15, -0.1) is 0 Å². The number of nitrogens with zero attached hydrogens (tertiary/aromatic N) is 4. The summed E-state index contributed by atoms with van der Waals surface area (Å²) in [5.74, 6) is 0.498. The lowest BCUT2D eigenvalue weighted by Crippen LogP contribution is -2.33. The van der Waals surface area contributed by atoms with Crippen LogP contribution in [0.2, 0.25) is 0 Å². The van der Waals surface area contributed by atoms with E-state index in [2.05, 4.69) is 31.3 Å². The number of nitrogens with two attached hydrogens (primary N) is 1. The molecular weight excluding hydrogens is 354 g/mol. The van der Waals surface area contributed by atoms with E-state index in [1.807, 2.05) is 18.3 Å². The van der Waals surface area contributed by atoms with Crippen LogP contribution in [0.4, 0.5) is 5.95 Å². The summed E-state index contributed by atoms with van der Waals surface area (Å²) in [7, 11) is 1.62. The van der Waals surface area contributed by atoms with Crippen LogP contribution < -0.4 is 11.1 Å². The third-order valence-electron chi connectivity index (χ3n) is 4.49. The highest BCUT2D eigenvalue weighted by Gasteiger charge is 2.13. The number of H-pyrrole nitrogens is 1. The minimum absolute atomic E-state index is 0.149. The second kappa shape index (κ2) is 7.60. The Morgan fingerprint density at radius 1 is 1.29 bits per heavy atom. The van der Waals surface area contributed by atoms with Crippen LogP contribution in [0.15, 0.2) is 43.0 Å². The van der Waals surface area contributed by atoms with Crippen molar-refractivity contribution in [3.63, 3.8) is 0 Å². The van der Waals surface area contributed by atoms with Crippen molar-refractivity contribution in [2.45, 2.75) is 6.04 Å². The molecule has 4 rings (SSSR count). The van der Waals surface area contributed by atoms with Gasteiger partial charge in [-0.3, -0.25) is 4.98 Å².